The minimum Gasteiger partial charge on any atom is -0.444 e. The summed E-state index contributed by atoms with van der Waals surface area (Å²) in [7, 11) is 5.88. The first-order valence-electron chi connectivity index (χ1n) is 13.0. The zero-order valence-electron chi connectivity index (χ0n) is 23.3. The van der Waals surface area contributed by atoms with Crippen molar-refractivity contribution < 1.29 is 14.3 Å². The van der Waals surface area contributed by atoms with Gasteiger partial charge >= 0.3 is 6.09 Å². The standard InChI is InChI=1S/C27H44N6O3/c1-20(2)32(8)23-13-12-21(17-28-23)25-22(19-33(29-25)24-11-9-10-16-35-24)18-30(6)14-15-31(7)26(34)36-27(3,4)5/h12-13,17,19-20,24H,9-11,14-16,18H2,1-8H3. The van der Waals surface area contributed by atoms with Gasteiger partial charge in [0.15, 0.2) is 0 Å². The highest BCUT2D eigenvalue weighted by Gasteiger charge is 2.22. The number of aromatic nitrogens is 3. The number of hydrogen-bond donors (Lipinski definition) is 0. The monoisotopic (exact) mass is 500 g/mol. The minimum atomic E-state index is -0.504. The summed E-state index contributed by atoms with van der Waals surface area (Å²) in [6.45, 7) is 12.7. The fourth-order valence-corrected chi connectivity index (χ4v) is 3.99. The van der Waals surface area contributed by atoms with Crippen LogP contribution in [0.1, 0.15) is 65.7 Å². The van der Waals surface area contributed by atoms with Gasteiger partial charge in [-0.15, -0.1) is 0 Å². The summed E-state index contributed by atoms with van der Waals surface area (Å²) >= 11 is 0. The number of pyridine rings is 1. The van der Waals surface area contributed by atoms with Gasteiger partial charge in [0, 0.05) is 69.9 Å². The average Bonchev–Trinajstić information content (AvgIpc) is 3.25. The van der Waals surface area contributed by atoms with Gasteiger partial charge < -0.3 is 24.2 Å². The molecule has 3 rings (SSSR count). The van der Waals surface area contributed by atoms with Crippen LogP contribution in [0.4, 0.5) is 10.6 Å². The first-order valence-corrected chi connectivity index (χ1v) is 13.0. The fourth-order valence-electron chi connectivity index (χ4n) is 3.99. The molecule has 1 aliphatic rings. The molecule has 3 heterocycles. The molecule has 1 saturated heterocycles. The minimum absolute atomic E-state index is 0.0332. The Hall–Kier alpha value is -2.65. The summed E-state index contributed by atoms with van der Waals surface area (Å²) in [6.07, 6.45) is 6.87. The second-order valence-electron chi connectivity index (χ2n) is 11.1. The molecule has 0 radical (unpaired) electrons. The lowest BCUT2D eigenvalue weighted by Gasteiger charge is -2.26. The van der Waals surface area contributed by atoms with E-state index in [9.17, 15) is 4.79 Å². The van der Waals surface area contributed by atoms with Crippen molar-refractivity contribution in [1.29, 1.82) is 0 Å². The van der Waals surface area contributed by atoms with E-state index in [1.54, 1.807) is 11.9 Å². The maximum atomic E-state index is 12.3. The quantitative estimate of drug-likeness (QED) is 0.490. The molecule has 9 nitrogen and oxygen atoms in total. The van der Waals surface area contributed by atoms with E-state index in [4.69, 9.17) is 19.6 Å². The molecule has 200 valence electrons. The maximum absolute atomic E-state index is 12.3. The predicted octanol–water partition coefficient (Wildman–Crippen LogP) is 4.79. The molecule has 1 unspecified atom stereocenters. The van der Waals surface area contributed by atoms with Gasteiger partial charge in [-0.2, -0.15) is 5.10 Å². The van der Waals surface area contributed by atoms with Crippen molar-refractivity contribution in [3.05, 3.63) is 30.1 Å². The van der Waals surface area contributed by atoms with Crippen molar-refractivity contribution in [1.82, 2.24) is 24.6 Å². The van der Waals surface area contributed by atoms with Crippen molar-refractivity contribution in [3.8, 4) is 11.3 Å². The van der Waals surface area contributed by atoms with Gasteiger partial charge in [-0.3, -0.25) is 0 Å². The van der Waals surface area contributed by atoms with Crippen molar-refractivity contribution in [2.75, 3.05) is 45.7 Å². The summed E-state index contributed by atoms with van der Waals surface area (Å²) in [5, 5.41) is 4.96. The lowest BCUT2D eigenvalue weighted by atomic mass is 10.1. The molecular formula is C27H44N6O3. The van der Waals surface area contributed by atoms with E-state index in [1.165, 1.54) is 0 Å². The number of carbonyl (C=O) groups is 1. The number of carbonyl (C=O) groups excluding carboxylic acids is 1. The van der Waals surface area contributed by atoms with Crippen LogP contribution in [0.5, 0.6) is 0 Å². The van der Waals surface area contributed by atoms with Crippen LogP contribution in [0.2, 0.25) is 0 Å². The van der Waals surface area contributed by atoms with E-state index in [0.29, 0.717) is 25.7 Å². The molecule has 1 aliphatic heterocycles. The summed E-state index contributed by atoms with van der Waals surface area (Å²) < 4.78 is 13.4. The van der Waals surface area contributed by atoms with Gasteiger partial charge in [0.25, 0.3) is 0 Å². The zero-order chi connectivity index (χ0) is 26.5. The van der Waals surface area contributed by atoms with Crippen LogP contribution in [0.15, 0.2) is 24.5 Å². The number of rotatable bonds is 9. The third kappa shape index (κ3) is 7.67. The van der Waals surface area contributed by atoms with E-state index in [-0.39, 0.29) is 12.3 Å². The SMILES string of the molecule is CC(C)N(C)c1ccc(-c2nn(C3CCCCO3)cc2CN(C)CCN(C)C(=O)OC(C)(C)C)cn1. The number of ether oxygens (including phenoxy) is 2. The highest BCUT2D eigenvalue weighted by atomic mass is 16.6. The van der Waals surface area contributed by atoms with Crippen molar-refractivity contribution >= 4 is 11.9 Å². The first kappa shape index (κ1) is 27.9. The Labute approximate surface area is 216 Å². The van der Waals surface area contributed by atoms with Gasteiger partial charge in [0.05, 0.1) is 5.69 Å². The number of likely N-dealkylation sites (N-methyl/N-ethyl adjacent to an activating group) is 2. The number of nitrogens with zero attached hydrogens (tertiary/aromatic N) is 6. The van der Waals surface area contributed by atoms with Crippen LogP contribution < -0.4 is 4.90 Å². The molecule has 0 aromatic carbocycles. The average molecular weight is 501 g/mol. The summed E-state index contributed by atoms with van der Waals surface area (Å²) in [4.78, 5) is 23.0. The molecule has 0 spiro atoms. The highest BCUT2D eigenvalue weighted by Crippen LogP contribution is 2.29. The third-order valence-corrected chi connectivity index (χ3v) is 6.38. The lowest BCUT2D eigenvalue weighted by Crippen LogP contribution is -2.38. The zero-order valence-corrected chi connectivity index (χ0v) is 23.3. The largest absolute Gasteiger partial charge is 0.444 e. The van der Waals surface area contributed by atoms with Gasteiger partial charge in [-0.05, 0) is 73.1 Å². The Morgan fingerprint density at radius 2 is 1.94 bits per heavy atom. The second kappa shape index (κ2) is 12.1. The Bertz CT molecular complexity index is 976. The number of hydrogen-bond acceptors (Lipinski definition) is 7. The maximum Gasteiger partial charge on any atom is 0.410 e. The molecule has 0 saturated carbocycles. The summed E-state index contributed by atoms with van der Waals surface area (Å²) in [6, 6.07) is 4.51. The van der Waals surface area contributed by atoms with Gasteiger partial charge in [-0.25, -0.2) is 14.5 Å². The molecule has 2 aromatic heterocycles. The Balaban J connectivity index is 1.75. The second-order valence-corrected chi connectivity index (χ2v) is 11.1. The van der Waals surface area contributed by atoms with E-state index >= 15 is 0 Å². The normalized spacial score (nSPS) is 16.4. The van der Waals surface area contributed by atoms with Crippen molar-refractivity contribution in [2.45, 2.75) is 78.3 Å². The number of amides is 1. The van der Waals surface area contributed by atoms with Crippen LogP contribution in [0.3, 0.4) is 0 Å². The molecule has 1 atom stereocenters. The third-order valence-electron chi connectivity index (χ3n) is 6.38. The van der Waals surface area contributed by atoms with Crippen LogP contribution in [0, 0.1) is 0 Å². The Morgan fingerprint density at radius 3 is 2.53 bits per heavy atom. The van der Waals surface area contributed by atoms with Crippen LogP contribution >= 0.6 is 0 Å². The van der Waals surface area contributed by atoms with Crippen LogP contribution in [-0.4, -0.2) is 83.1 Å². The molecule has 1 amide bonds. The molecule has 0 N–H and O–H groups in total. The van der Waals surface area contributed by atoms with Crippen LogP contribution in [0.25, 0.3) is 11.3 Å². The van der Waals surface area contributed by atoms with E-state index < -0.39 is 5.60 Å². The lowest BCUT2D eigenvalue weighted by molar-refractivity contribution is -0.0394. The Morgan fingerprint density at radius 1 is 1.19 bits per heavy atom. The van der Waals surface area contributed by atoms with Gasteiger partial charge in [-0.1, -0.05) is 0 Å². The summed E-state index contributed by atoms with van der Waals surface area (Å²) in [5.74, 6) is 0.938. The molecule has 0 bridgehead atoms. The van der Waals surface area contributed by atoms with Gasteiger partial charge in [0.2, 0.25) is 0 Å². The fraction of sp³-hybridized carbons (Fsp3) is 0.667. The molecular weight excluding hydrogens is 456 g/mol. The molecule has 1 fully saturated rings. The molecule has 36 heavy (non-hydrogen) atoms. The van der Waals surface area contributed by atoms with Crippen molar-refractivity contribution in [2.24, 2.45) is 0 Å². The first-order chi connectivity index (χ1) is 16.9. The van der Waals surface area contributed by atoms with Crippen molar-refractivity contribution in [3.63, 3.8) is 0 Å². The smallest absolute Gasteiger partial charge is 0.410 e. The Kier molecular flexibility index (Phi) is 9.35. The van der Waals surface area contributed by atoms with E-state index in [0.717, 1.165) is 48.5 Å². The van der Waals surface area contributed by atoms with E-state index in [1.807, 2.05) is 31.6 Å². The summed E-state index contributed by atoms with van der Waals surface area (Å²) in [5.41, 5.74) is 2.51. The van der Waals surface area contributed by atoms with Crippen LogP contribution in [-0.2, 0) is 16.0 Å². The predicted molar refractivity (Wildman–Crippen MR) is 143 cm³/mol. The number of anilines is 1. The van der Waals surface area contributed by atoms with E-state index in [2.05, 4.69) is 56.1 Å². The molecule has 0 aliphatic carbocycles. The molecule has 2 aromatic rings. The highest BCUT2D eigenvalue weighted by molar-refractivity contribution is 5.67. The molecule has 9 heteroatoms. The van der Waals surface area contributed by atoms with Gasteiger partial charge in [0.1, 0.15) is 17.6 Å². The topological polar surface area (TPSA) is 76.0 Å².